The summed E-state index contributed by atoms with van der Waals surface area (Å²) in [6, 6.07) is 4.61. The lowest BCUT2D eigenvalue weighted by Crippen LogP contribution is -2.22. The quantitative estimate of drug-likeness (QED) is 0.754. The molecule has 0 aromatic heterocycles. The first-order chi connectivity index (χ1) is 12.1. The number of benzene rings is 2. The van der Waals surface area contributed by atoms with Gasteiger partial charge in [0.15, 0.2) is 6.61 Å². The summed E-state index contributed by atoms with van der Waals surface area (Å²) in [6.45, 7) is -0.922. The average molecular weight is 388 g/mol. The molecule has 3 N–H and O–H groups in total. The fourth-order valence-electron chi connectivity index (χ4n) is 1.82. The maximum atomic E-state index is 13.6. The Bertz CT molecular complexity index is 979. The second kappa shape index (κ2) is 7.54. The molecule has 0 unspecified atom stereocenters. The molecule has 7 nitrogen and oxygen atoms in total. The minimum atomic E-state index is -4.18. The summed E-state index contributed by atoms with van der Waals surface area (Å²) in [6.07, 6.45) is 0. The highest BCUT2D eigenvalue weighted by Gasteiger charge is 2.19. The van der Waals surface area contributed by atoms with Gasteiger partial charge in [0.25, 0.3) is 5.91 Å². The maximum Gasteiger partial charge on any atom is 0.341 e. The van der Waals surface area contributed by atoms with Gasteiger partial charge in [-0.05, 0) is 30.3 Å². The van der Waals surface area contributed by atoms with Gasteiger partial charge in [-0.25, -0.2) is 31.5 Å². The Morgan fingerprint density at radius 2 is 1.73 bits per heavy atom. The Morgan fingerprint density at radius 1 is 1.04 bits per heavy atom. The zero-order chi connectivity index (χ0) is 19.5. The van der Waals surface area contributed by atoms with Gasteiger partial charge in [0.2, 0.25) is 10.0 Å². The zero-order valence-corrected chi connectivity index (χ0v) is 13.6. The van der Waals surface area contributed by atoms with E-state index in [1.54, 1.807) is 0 Å². The van der Waals surface area contributed by atoms with Crippen molar-refractivity contribution in [2.24, 2.45) is 5.14 Å². The third-order valence-electron chi connectivity index (χ3n) is 3.03. The molecule has 0 saturated heterocycles. The molecule has 0 aliphatic rings. The van der Waals surface area contributed by atoms with Crippen LogP contribution < -0.4 is 10.5 Å². The molecule has 0 fully saturated rings. The Labute approximate surface area is 145 Å². The summed E-state index contributed by atoms with van der Waals surface area (Å²) in [5.41, 5.74) is -1.10. The predicted molar refractivity (Wildman–Crippen MR) is 83.0 cm³/mol. The number of rotatable bonds is 5. The van der Waals surface area contributed by atoms with E-state index in [1.807, 2.05) is 5.32 Å². The van der Waals surface area contributed by atoms with Gasteiger partial charge in [0, 0.05) is 6.07 Å². The van der Waals surface area contributed by atoms with Crippen molar-refractivity contribution in [2.45, 2.75) is 4.90 Å². The molecule has 2 rings (SSSR count). The topological polar surface area (TPSA) is 116 Å². The molecular formula is C15H11F3N2O5S. The van der Waals surface area contributed by atoms with Gasteiger partial charge in [-0.15, -0.1) is 0 Å². The third kappa shape index (κ3) is 4.80. The number of nitrogens with two attached hydrogens (primary N) is 1. The second-order valence-corrected chi connectivity index (χ2v) is 6.50. The number of esters is 1. The molecule has 0 saturated carbocycles. The van der Waals surface area contributed by atoms with E-state index in [0.717, 1.165) is 18.2 Å². The van der Waals surface area contributed by atoms with Gasteiger partial charge in [-0.1, -0.05) is 0 Å². The molecule has 138 valence electrons. The van der Waals surface area contributed by atoms with Crippen LogP contribution in [0.2, 0.25) is 0 Å². The second-order valence-electron chi connectivity index (χ2n) is 4.94. The number of carbonyl (C=O) groups excluding carboxylic acids is 2. The van der Waals surface area contributed by atoms with Gasteiger partial charge in [0.05, 0.1) is 16.1 Å². The molecule has 26 heavy (non-hydrogen) atoms. The van der Waals surface area contributed by atoms with Crippen molar-refractivity contribution in [1.82, 2.24) is 0 Å². The van der Waals surface area contributed by atoms with Crippen LogP contribution in [0.25, 0.3) is 0 Å². The molecule has 2 aromatic carbocycles. The lowest BCUT2D eigenvalue weighted by molar-refractivity contribution is -0.119. The summed E-state index contributed by atoms with van der Waals surface area (Å²) in [5, 5.41) is 6.91. The van der Waals surface area contributed by atoms with Crippen LogP contribution in [0.3, 0.4) is 0 Å². The van der Waals surface area contributed by atoms with Gasteiger partial charge in [-0.3, -0.25) is 4.79 Å². The molecule has 0 heterocycles. The molecule has 0 aliphatic heterocycles. The largest absolute Gasteiger partial charge is 0.452 e. The molecule has 0 radical (unpaired) electrons. The Kier molecular flexibility index (Phi) is 5.63. The van der Waals surface area contributed by atoms with Crippen LogP contribution in [-0.2, 0) is 19.6 Å². The van der Waals surface area contributed by atoms with Crippen LogP contribution in [0.4, 0.5) is 18.9 Å². The fraction of sp³-hybridized carbons (Fsp3) is 0.0667. The minimum Gasteiger partial charge on any atom is -0.452 e. The summed E-state index contributed by atoms with van der Waals surface area (Å²) < 4.78 is 66.8. The lowest BCUT2D eigenvalue weighted by Gasteiger charge is -2.08. The van der Waals surface area contributed by atoms with E-state index in [4.69, 9.17) is 5.14 Å². The number of primary sulfonamides is 1. The van der Waals surface area contributed by atoms with Crippen molar-refractivity contribution in [3.63, 3.8) is 0 Å². The average Bonchev–Trinajstić information content (AvgIpc) is 2.54. The van der Waals surface area contributed by atoms with Crippen molar-refractivity contribution in [2.75, 3.05) is 11.9 Å². The molecule has 0 aliphatic carbocycles. The van der Waals surface area contributed by atoms with E-state index in [-0.39, 0.29) is 5.69 Å². The van der Waals surface area contributed by atoms with Crippen molar-refractivity contribution < 1.29 is 35.9 Å². The number of carbonyl (C=O) groups is 2. The number of anilines is 1. The number of amides is 1. The molecule has 1 amide bonds. The summed E-state index contributed by atoms with van der Waals surface area (Å²) in [5.74, 6) is -5.30. The number of ether oxygens (including phenoxy) is 1. The van der Waals surface area contributed by atoms with Crippen LogP contribution in [0.1, 0.15) is 10.4 Å². The number of hydrogen-bond donors (Lipinski definition) is 2. The fourth-order valence-corrected chi connectivity index (χ4v) is 2.36. The number of hydrogen-bond acceptors (Lipinski definition) is 5. The maximum absolute atomic E-state index is 13.6. The zero-order valence-electron chi connectivity index (χ0n) is 12.8. The summed E-state index contributed by atoms with van der Waals surface area (Å²) in [4.78, 5) is 22.9. The molecular weight excluding hydrogens is 377 g/mol. The smallest absolute Gasteiger partial charge is 0.341 e. The molecule has 0 atom stereocenters. The first-order valence-corrected chi connectivity index (χ1v) is 8.37. The van der Waals surface area contributed by atoms with E-state index in [9.17, 15) is 31.2 Å². The van der Waals surface area contributed by atoms with Crippen LogP contribution in [-0.4, -0.2) is 26.9 Å². The Balaban J connectivity index is 2.05. The summed E-state index contributed by atoms with van der Waals surface area (Å²) in [7, 11) is -4.18. The summed E-state index contributed by atoms with van der Waals surface area (Å²) >= 11 is 0. The van der Waals surface area contributed by atoms with Gasteiger partial charge in [-0.2, -0.15) is 0 Å². The van der Waals surface area contributed by atoms with Crippen molar-refractivity contribution in [3.8, 4) is 0 Å². The minimum absolute atomic E-state index is 0.352. The first-order valence-electron chi connectivity index (χ1n) is 6.82. The third-order valence-corrected chi connectivity index (χ3v) is 3.94. The highest BCUT2D eigenvalue weighted by Crippen LogP contribution is 2.16. The van der Waals surface area contributed by atoms with Crippen LogP contribution in [0, 0.1) is 17.5 Å². The number of nitrogens with one attached hydrogen (secondary N) is 1. The van der Waals surface area contributed by atoms with E-state index in [0.29, 0.717) is 18.2 Å². The normalized spacial score (nSPS) is 11.1. The van der Waals surface area contributed by atoms with Crippen molar-refractivity contribution >= 4 is 27.6 Å². The highest BCUT2D eigenvalue weighted by molar-refractivity contribution is 7.89. The van der Waals surface area contributed by atoms with E-state index >= 15 is 0 Å². The van der Waals surface area contributed by atoms with E-state index < -0.39 is 56.4 Å². The van der Waals surface area contributed by atoms with Gasteiger partial charge >= 0.3 is 5.97 Å². The van der Waals surface area contributed by atoms with Crippen LogP contribution >= 0.6 is 0 Å². The SMILES string of the molecule is NS(=O)(=O)c1ccc(F)c(C(=O)OCC(=O)Nc2ccc(F)cc2F)c1. The van der Waals surface area contributed by atoms with E-state index in [2.05, 4.69) is 4.74 Å². The molecule has 0 bridgehead atoms. The predicted octanol–water partition coefficient (Wildman–Crippen LogP) is 1.55. The van der Waals surface area contributed by atoms with Crippen molar-refractivity contribution in [3.05, 3.63) is 59.4 Å². The van der Waals surface area contributed by atoms with Gasteiger partial charge < -0.3 is 10.1 Å². The van der Waals surface area contributed by atoms with Gasteiger partial charge in [0.1, 0.15) is 17.5 Å². The lowest BCUT2D eigenvalue weighted by atomic mass is 10.2. The van der Waals surface area contributed by atoms with E-state index in [1.165, 1.54) is 0 Å². The monoisotopic (exact) mass is 388 g/mol. The number of halogens is 3. The van der Waals surface area contributed by atoms with Crippen molar-refractivity contribution in [1.29, 1.82) is 0 Å². The Morgan fingerprint density at radius 3 is 2.35 bits per heavy atom. The number of sulfonamides is 1. The molecule has 2 aromatic rings. The van der Waals surface area contributed by atoms with Crippen LogP contribution in [0.15, 0.2) is 41.3 Å². The van der Waals surface area contributed by atoms with Crippen LogP contribution in [0.5, 0.6) is 0 Å². The first kappa shape index (κ1) is 19.4. The molecule has 11 heteroatoms. The standard InChI is InChI=1S/C15H11F3N2O5S/c16-8-1-4-13(12(18)5-8)20-14(21)7-25-15(22)10-6-9(26(19,23)24)2-3-11(10)17/h1-6H,7H2,(H,20,21)(H2,19,23,24). The highest BCUT2D eigenvalue weighted by atomic mass is 32.2. The Hall–Kier alpha value is -2.92. The molecule has 0 spiro atoms.